The van der Waals surface area contributed by atoms with Crippen molar-refractivity contribution in [3.05, 3.63) is 10.5 Å². The normalized spacial score (nSPS) is 26.9. The third-order valence-corrected chi connectivity index (χ3v) is 3.92. The molecule has 3 rings (SSSR count). The van der Waals surface area contributed by atoms with Crippen molar-refractivity contribution in [2.24, 2.45) is 0 Å². The fourth-order valence-electron chi connectivity index (χ4n) is 2.54. The van der Waals surface area contributed by atoms with E-state index in [9.17, 15) is 10.2 Å². The van der Waals surface area contributed by atoms with E-state index in [4.69, 9.17) is 22.7 Å². The lowest BCUT2D eigenvalue weighted by Gasteiger charge is -2.21. The van der Waals surface area contributed by atoms with Crippen molar-refractivity contribution in [3.63, 3.8) is 0 Å². The summed E-state index contributed by atoms with van der Waals surface area (Å²) in [6, 6.07) is 0. The van der Waals surface area contributed by atoms with Crippen molar-refractivity contribution in [2.75, 3.05) is 12.3 Å². The van der Waals surface area contributed by atoms with Crippen LogP contribution in [0.2, 0.25) is 0 Å². The van der Waals surface area contributed by atoms with Gasteiger partial charge in [0.1, 0.15) is 23.5 Å². The molecule has 0 amide bonds. The first-order chi connectivity index (χ1) is 10.1. The molecule has 2 aromatic rings. The number of aliphatic hydroxyl groups excluding tert-OH is 2. The second-order valence-corrected chi connectivity index (χ2v) is 5.50. The maximum Gasteiger partial charge on any atom is 0.200 e. The Balaban J connectivity index is 1.96. The zero-order chi connectivity index (χ0) is 15.0. The Labute approximate surface area is 125 Å². The molecular formula is C12H17N5O3S. The van der Waals surface area contributed by atoms with Gasteiger partial charge in [0.15, 0.2) is 10.3 Å². The van der Waals surface area contributed by atoms with Crippen molar-refractivity contribution in [2.45, 2.75) is 37.6 Å². The number of aliphatic hydroxyl groups is 2. The summed E-state index contributed by atoms with van der Waals surface area (Å²) in [6.45, 7) is -0.231. The first-order valence-corrected chi connectivity index (χ1v) is 7.19. The number of hydrogen-bond donors (Lipinski definition) is 5. The Bertz CT molecular complexity index is 700. The standard InChI is InChI=1S/C12H17N5O3S/c13-12-16-10-8(11(21)17-12)14-9(15-10)6-3-1-2-5(19)7(4-18)20-6/h5-7,18-19H,1-4H2,(H4,13,14,15,16,17,21)/t5-,6+,7+/m0/s1. The largest absolute Gasteiger partial charge is 0.394 e. The molecule has 9 heteroatoms. The molecule has 0 radical (unpaired) electrons. The van der Waals surface area contributed by atoms with Gasteiger partial charge in [0, 0.05) is 0 Å². The first kappa shape index (κ1) is 14.4. The second kappa shape index (κ2) is 5.68. The van der Waals surface area contributed by atoms with Gasteiger partial charge in [-0.3, -0.25) is 0 Å². The van der Waals surface area contributed by atoms with Crippen LogP contribution in [0.4, 0.5) is 5.95 Å². The summed E-state index contributed by atoms with van der Waals surface area (Å²) in [6.07, 6.45) is 0.460. The summed E-state index contributed by atoms with van der Waals surface area (Å²) in [5.74, 6) is 0.795. The van der Waals surface area contributed by atoms with Crippen LogP contribution in [-0.2, 0) is 4.74 Å². The predicted octanol–water partition coefficient (Wildman–Crippen LogP) is 0.561. The summed E-state index contributed by atoms with van der Waals surface area (Å²) in [5, 5.41) is 19.2. The summed E-state index contributed by atoms with van der Waals surface area (Å²) in [4.78, 5) is 14.3. The van der Waals surface area contributed by atoms with E-state index in [0.29, 0.717) is 34.5 Å². The van der Waals surface area contributed by atoms with Gasteiger partial charge in [-0.05, 0) is 19.3 Å². The van der Waals surface area contributed by atoms with Crippen LogP contribution < -0.4 is 5.73 Å². The van der Waals surface area contributed by atoms with Gasteiger partial charge in [0.25, 0.3) is 0 Å². The molecule has 1 aliphatic rings. The Hall–Kier alpha value is -1.55. The minimum absolute atomic E-state index is 0.205. The lowest BCUT2D eigenvalue weighted by atomic mass is 10.1. The Morgan fingerprint density at radius 1 is 1.33 bits per heavy atom. The number of nitrogen functional groups attached to an aromatic ring is 1. The first-order valence-electron chi connectivity index (χ1n) is 6.78. The average molecular weight is 311 g/mol. The van der Waals surface area contributed by atoms with Gasteiger partial charge in [-0.25, -0.2) is 9.97 Å². The van der Waals surface area contributed by atoms with Gasteiger partial charge in [-0.1, -0.05) is 12.2 Å². The van der Waals surface area contributed by atoms with Crippen LogP contribution in [0.25, 0.3) is 11.2 Å². The topological polar surface area (TPSA) is 133 Å². The molecule has 0 aliphatic carbocycles. The van der Waals surface area contributed by atoms with E-state index >= 15 is 0 Å². The van der Waals surface area contributed by atoms with Gasteiger partial charge < -0.3 is 30.7 Å². The molecular weight excluding hydrogens is 294 g/mol. The number of imidazole rings is 1. The number of H-pyrrole nitrogens is 2. The van der Waals surface area contributed by atoms with E-state index in [0.717, 1.165) is 6.42 Å². The van der Waals surface area contributed by atoms with E-state index < -0.39 is 12.2 Å². The Kier molecular flexibility index (Phi) is 3.89. The van der Waals surface area contributed by atoms with Crippen LogP contribution >= 0.6 is 12.2 Å². The van der Waals surface area contributed by atoms with Gasteiger partial charge in [0.2, 0.25) is 5.95 Å². The van der Waals surface area contributed by atoms with Crippen molar-refractivity contribution < 1.29 is 14.9 Å². The minimum atomic E-state index is -0.664. The van der Waals surface area contributed by atoms with Crippen molar-refractivity contribution in [1.82, 2.24) is 19.9 Å². The van der Waals surface area contributed by atoms with Crippen LogP contribution in [0.3, 0.4) is 0 Å². The minimum Gasteiger partial charge on any atom is -0.394 e. The van der Waals surface area contributed by atoms with Crippen LogP contribution in [0.1, 0.15) is 31.2 Å². The zero-order valence-corrected chi connectivity index (χ0v) is 12.1. The number of aromatic nitrogens is 4. The third-order valence-electron chi connectivity index (χ3n) is 3.62. The van der Waals surface area contributed by atoms with Gasteiger partial charge in [-0.2, -0.15) is 0 Å². The number of fused-ring (bicyclic) bond motifs is 1. The van der Waals surface area contributed by atoms with Crippen molar-refractivity contribution >= 4 is 29.3 Å². The lowest BCUT2D eigenvalue weighted by molar-refractivity contribution is -0.0902. The van der Waals surface area contributed by atoms with Crippen LogP contribution in [0.5, 0.6) is 0 Å². The van der Waals surface area contributed by atoms with E-state index in [1.165, 1.54) is 0 Å². The predicted molar refractivity (Wildman–Crippen MR) is 78.0 cm³/mol. The molecule has 1 fully saturated rings. The molecule has 21 heavy (non-hydrogen) atoms. The second-order valence-electron chi connectivity index (χ2n) is 5.12. The number of hydrogen-bond acceptors (Lipinski definition) is 7. The number of anilines is 1. The molecule has 1 saturated heterocycles. The van der Waals surface area contributed by atoms with E-state index in [-0.39, 0.29) is 18.7 Å². The molecule has 3 atom stereocenters. The maximum atomic E-state index is 9.87. The van der Waals surface area contributed by atoms with Crippen molar-refractivity contribution in [1.29, 1.82) is 0 Å². The van der Waals surface area contributed by atoms with Crippen LogP contribution in [0.15, 0.2) is 0 Å². The summed E-state index contributed by atoms with van der Waals surface area (Å²) in [7, 11) is 0. The molecule has 6 N–H and O–H groups in total. The average Bonchev–Trinajstić information content (AvgIpc) is 2.77. The van der Waals surface area contributed by atoms with E-state index in [2.05, 4.69) is 19.9 Å². The molecule has 0 spiro atoms. The number of rotatable bonds is 2. The summed E-state index contributed by atoms with van der Waals surface area (Å²) < 4.78 is 6.11. The Morgan fingerprint density at radius 2 is 2.14 bits per heavy atom. The van der Waals surface area contributed by atoms with Crippen LogP contribution in [0, 0.1) is 4.64 Å². The van der Waals surface area contributed by atoms with Gasteiger partial charge in [0.05, 0.1) is 12.7 Å². The highest BCUT2D eigenvalue weighted by Crippen LogP contribution is 2.29. The smallest absolute Gasteiger partial charge is 0.200 e. The third kappa shape index (κ3) is 2.77. The van der Waals surface area contributed by atoms with Gasteiger partial charge >= 0.3 is 0 Å². The number of nitrogens with one attached hydrogen (secondary N) is 2. The number of ether oxygens (including phenoxy) is 1. The fraction of sp³-hybridized carbons (Fsp3) is 0.583. The van der Waals surface area contributed by atoms with Gasteiger partial charge in [-0.15, -0.1) is 0 Å². The summed E-state index contributed by atoms with van der Waals surface area (Å²) >= 11 is 5.14. The summed E-state index contributed by atoms with van der Waals surface area (Å²) in [5.41, 5.74) is 6.74. The molecule has 1 aliphatic heterocycles. The highest BCUT2D eigenvalue weighted by Gasteiger charge is 2.29. The van der Waals surface area contributed by atoms with E-state index in [1.807, 2.05) is 0 Å². The molecule has 3 heterocycles. The van der Waals surface area contributed by atoms with E-state index in [1.54, 1.807) is 0 Å². The number of nitrogens with zero attached hydrogens (tertiary/aromatic N) is 2. The lowest BCUT2D eigenvalue weighted by Crippen LogP contribution is -2.31. The molecule has 2 aromatic heterocycles. The highest BCUT2D eigenvalue weighted by molar-refractivity contribution is 7.71. The Morgan fingerprint density at radius 3 is 2.90 bits per heavy atom. The van der Waals surface area contributed by atoms with Crippen LogP contribution in [-0.4, -0.2) is 49.0 Å². The van der Waals surface area contributed by atoms with Crippen molar-refractivity contribution in [3.8, 4) is 0 Å². The monoisotopic (exact) mass is 311 g/mol. The SMILES string of the molecule is Nc1nc(=S)c2[nH]c([C@H]3CCC[C@H](O)[C@@H](CO)O3)nc2[nH]1. The maximum absolute atomic E-state index is 9.87. The molecule has 0 aromatic carbocycles. The molecule has 0 bridgehead atoms. The highest BCUT2D eigenvalue weighted by atomic mass is 32.1. The molecule has 0 unspecified atom stereocenters. The molecule has 8 nitrogen and oxygen atoms in total. The molecule has 0 saturated carbocycles. The fourth-order valence-corrected chi connectivity index (χ4v) is 2.78. The quantitative estimate of drug-likeness (QED) is 0.512. The molecule has 114 valence electrons. The zero-order valence-electron chi connectivity index (χ0n) is 11.2. The number of aromatic amines is 2. The number of nitrogens with two attached hydrogens (primary N) is 1.